The molecule has 1 aromatic rings. The van der Waals surface area contributed by atoms with Crippen LogP contribution in [0.3, 0.4) is 0 Å². The molecule has 7 heteroatoms. The number of rotatable bonds is 6. The molecule has 4 N–H and O–H groups in total. The zero-order valence-corrected chi connectivity index (χ0v) is 17.0. The maximum Gasteiger partial charge on any atom is 0.279 e. The van der Waals surface area contributed by atoms with Crippen molar-refractivity contribution in [1.29, 1.82) is 0 Å². The first-order valence-corrected chi connectivity index (χ1v) is 9.67. The summed E-state index contributed by atoms with van der Waals surface area (Å²) < 4.78 is 5.13. The molecule has 1 aliphatic rings. The summed E-state index contributed by atoms with van der Waals surface area (Å²) in [6.07, 6.45) is 1.02. The maximum absolute atomic E-state index is 12.3. The lowest BCUT2D eigenvalue weighted by molar-refractivity contribution is -0.930. The minimum atomic E-state index is -0.195. The van der Waals surface area contributed by atoms with Gasteiger partial charge in [-0.15, -0.1) is 0 Å². The van der Waals surface area contributed by atoms with Crippen molar-refractivity contribution in [2.75, 3.05) is 51.7 Å². The summed E-state index contributed by atoms with van der Waals surface area (Å²) in [4.78, 5) is 27.0. The highest BCUT2D eigenvalue weighted by atomic mass is 16.5. The monoisotopic (exact) mass is 378 g/mol. The van der Waals surface area contributed by atoms with Gasteiger partial charge in [0.2, 0.25) is 0 Å². The van der Waals surface area contributed by atoms with E-state index in [9.17, 15) is 9.59 Å². The van der Waals surface area contributed by atoms with Gasteiger partial charge < -0.3 is 25.2 Å². The van der Waals surface area contributed by atoms with Gasteiger partial charge in [0.05, 0.1) is 20.2 Å². The van der Waals surface area contributed by atoms with Crippen LogP contribution < -0.4 is 25.2 Å². The second kappa shape index (κ2) is 9.71. The quantitative estimate of drug-likeness (QED) is 0.498. The first kappa shape index (κ1) is 21.2. The Labute approximate surface area is 162 Å². The van der Waals surface area contributed by atoms with E-state index in [0.717, 1.165) is 44.0 Å². The van der Waals surface area contributed by atoms with E-state index in [1.54, 1.807) is 7.11 Å². The lowest BCUT2D eigenvalue weighted by Crippen LogP contribution is -3.18. The summed E-state index contributed by atoms with van der Waals surface area (Å²) in [6.45, 7) is 10.7. The predicted octanol–water partition coefficient (Wildman–Crippen LogP) is -1.28. The van der Waals surface area contributed by atoms with Gasteiger partial charge in [0.15, 0.2) is 13.1 Å². The SMILES string of the molecule is COc1ccc(NC(=O)C[NH+]2CCC[NH+](CC(=O)NC(C)(C)C)CC2)cc1. The Morgan fingerprint density at radius 1 is 0.963 bits per heavy atom. The molecular weight excluding hydrogens is 344 g/mol. The molecule has 2 atom stereocenters. The molecule has 2 rings (SSSR count). The Kier molecular flexibility index (Phi) is 7.62. The van der Waals surface area contributed by atoms with Crippen LogP contribution in [0.25, 0.3) is 0 Å². The summed E-state index contributed by atoms with van der Waals surface area (Å²) in [6, 6.07) is 7.35. The molecule has 2 amide bonds. The van der Waals surface area contributed by atoms with Gasteiger partial charge in [-0.3, -0.25) is 9.59 Å². The van der Waals surface area contributed by atoms with Crippen LogP contribution in [0, 0.1) is 0 Å². The number of amides is 2. The summed E-state index contributed by atoms with van der Waals surface area (Å²) in [5, 5.41) is 5.97. The highest BCUT2D eigenvalue weighted by Gasteiger charge is 2.25. The van der Waals surface area contributed by atoms with Gasteiger partial charge in [-0.25, -0.2) is 0 Å². The topological polar surface area (TPSA) is 76.3 Å². The van der Waals surface area contributed by atoms with Crippen molar-refractivity contribution in [3.63, 3.8) is 0 Å². The van der Waals surface area contributed by atoms with E-state index in [2.05, 4.69) is 10.6 Å². The van der Waals surface area contributed by atoms with Gasteiger partial charge in [-0.05, 0) is 45.0 Å². The lowest BCUT2D eigenvalue weighted by atomic mass is 10.1. The van der Waals surface area contributed by atoms with E-state index in [0.29, 0.717) is 13.1 Å². The van der Waals surface area contributed by atoms with Gasteiger partial charge in [-0.1, -0.05) is 0 Å². The molecule has 0 spiro atoms. The van der Waals surface area contributed by atoms with Crippen LogP contribution in [0.1, 0.15) is 27.2 Å². The number of methoxy groups -OCH3 is 1. The van der Waals surface area contributed by atoms with E-state index in [1.807, 2.05) is 45.0 Å². The molecular formula is C20H34N4O3+2. The van der Waals surface area contributed by atoms with E-state index < -0.39 is 0 Å². The molecule has 2 unspecified atom stereocenters. The Hall–Kier alpha value is -2.12. The minimum Gasteiger partial charge on any atom is -0.497 e. The van der Waals surface area contributed by atoms with Crippen molar-refractivity contribution in [2.45, 2.75) is 32.7 Å². The van der Waals surface area contributed by atoms with E-state index in [1.165, 1.54) is 9.80 Å². The molecule has 1 heterocycles. The zero-order valence-electron chi connectivity index (χ0n) is 17.0. The molecule has 1 aromatic carbocycles. The molecule has 1 aliphatic heterocycles. The van der Waals surface area contributed by atoms with Gasteiger partial charge in [0.1, 0.15) is 18.8 Å². The van der Waals surface area contributed by atoms with Crippen molar-refractivity contribution < 1.29 is 24.1 Å². The van der Waals surface area contributed by atoms with E-state index in [-0.39, 0.29) is 17.4 Å². The minimum absolute atomic E-state index is 0.0177. The third-order valence-corrected chi connectivity index (χ3v) is 4.60. The van der Waals surface area contributed by atoms with Crippen molar-refractivity contribution in [3.8, 4) is 5.75 Å². The van der Waals surface area contributed by atoms with Gasteiger partial charge in [0, 0.05) is 17.6 Å². The smallest absolute Gasteiger partial charge is 0.279 e. The van der Waals surface area contributed by atoms with Crippen LogP contribution >= 0.6 is 0 Å². The van der Waals surface area contributed by atoms with Crippen LogP contribution in [-0.4, -0.2) is 63.7 Å². The fourth-order valence-corrected chi connectivity index (χ4v) is 3.34. The standard InChI is InChI=1S/C20H32N4O3/c1-20(2,3)22-19(26)15-24-11-5-10-23(12-13-24)14-18(25)21-16-6-8-17(27-4)9-7-16/h6-9H,5,10-15H2,1-4H3,(H,21,25)(H,22,26)/p+2. The maximum atomic E-state index is 12.3. The highest BCUT2D eigenvalue weighted by Crippen LogP contribution is 2.14. The van der Waals surface area contributed by atoms with Crippen molar-refractivity contribution in [2.24, 2.45) is 0 Å². The third kappa shape index (κ3) is 7.97. The largest absolute Gasteiger partial charge is 0.497 e. The fraction of sp³-hybridized carbons (Fsp3) is 0.600. The molecule has 150 valence electrons. The number of hydrogen-bond acceptors (Lipinski definition) is 3. The number of anilines is 1. The number of benzene rings is 1. The molecule has 7 nitrogen and oxygen atoms in total. The summed E-state index contributed by atoms with van der Waals surface area (Å²) >= 11 is 0. The van der Waals surface area contributed by atoms with Crippen molar-refractivity contribution in [1.82, 2.24) is 5.32 Å². The van der Waals surface area contributed by atoms with Gasteiger partial charge in [0.25, 0.3) is 11.8 Å². The first-order chi connectivity index (χ1) is 12.7. The zero-order chi connectivity index (χ0) is 19.9. The van der Waals surface area contributed by atoms with Crippen LogP contribution in [-0.2, 0) is 9.59 Å². The molecule has 0 radical (unpaired) electrons. The first-order valence-electron chi connectivity index (χ1n) is 9.67. The second-order valence-electron chi connectivity index (χ2n) is 8.28. The Bertz CT molecular complexity index is 625. The lowest BCUT2D eigenvalue weighted by Gasteiger charge is -2.22. The van der Waals surface area contributed by atoms with Crippen LogP contribution in [0.2, 0.25) is 0 Å². The van der Waals surface area contributed by atoms with Gasteiger partial charge in [-0.2, -0.15) is 0 Å². The van der Waals surface area contributed by atoms with Crippen molar-refractivity contribution >= 4 is 17.5 Å². The predicted molar refractivity (Wildman–Crippen MR) is 105 cm³/mol. The number of hydrogen-bond donors (Lipinski definition) is 4. The van der Waals surface area contributed by atoms with Crippen LogP contribution in [0.15, 0.2) is 24.3 Å². The number of carbonyl (C=O) groups is 2. The molecule has 0 aromatic heterocycles. The second-order valence-corrected chi connectivity index (χ2v) is 8.28. The summed E-state index contributed by atoms with van der Waals surface area (Å²) in [7, 11) is 1.62. The van der Waals surface area contributed by atoms with Crippen LogP contribution in [0.4, 0.5) is 5.69 Å². The highest BCUT2D eigenvalue weighted by molar-refractivity contribution is 5.91. The number of ether oxygens (including phenoxy) is 1. The van der Waals surface area contributed by atoms with Crippen molar-refractivity contribution in [3.05, 3.63) is 24.3 Å². The molecule has 27 heavy (non-hydrogen) atoms. The normalized spacial score (nSPS) is 20.4. The number of carbonyl (C=O) groups excluding carboxylic acids is 2. The molecule has 0 bridgehead atoms. The average molecular weight is 379 g/mol. The average Bonchev–Trinajstić information content (AvgIpc) is 2.79. The number of quaternary nitrogens is 2. The molecule has 1 saturated heterocycles. The van der Waals surface area contributed by atoms with E-state index in [4.69, 9.17) is 4.74 Å². The molecule has 1 fully saturated rings. The summed E-state index contributed by atoms with van der Waals surface area (Å²) in [5.41, 5.74) is 0.584. The summed E-state index contributed by atoms with van der Waals surface area (Å²) in [5.74, 6) is 0.881. The molecule has 0 aliphatic carbocycles. The Balaban J connectivity index is 1.76. The Morgan fingerprint density at radius 2 is 1.52 bits per heavy atom. The fourth-order valence-electron chi connectivity index (χ4n) is 3.34. The Morgan fingerprint density at radius 3 is 2.04 bits per heavy atom. The van der Waals surface area contributed by atoms with Gasteiger partial charge >= 0.3 is 0 Å². The third-order valence-electron chi connectivity index (χ3n) is 4.60. The van der Waals surface area contributed by atoms with E-state index >= 15 is 0 Å². The van der Waals surface area contributed by atoms with Crippen LogP contribution in [0.5, 0.6) is 5.75 Å². The molecule has 0 saturated carbocycles. The number of nitrogens with one attached hydrogen (secondary N) is 4.